The molecule has 0 saturated heterocycles. The fourth-order valence-electron chi connectivity index (χ4n) is 4.67. The van der Waals surface area contributed by atoms with E-state index in [1.165, 1.54) is 0 Å². The molecular weight excluding hydrogens is 456 g/mol. The third kappa shape index (κ3) is 2.81. The van der Waals surface area contributed by atoms with Crippen molar-refractivity contribution >= 4 is 55.2 Å². The molecule has 0 aliphatic heterocycles. The van der Waals surface area contributed by atoms with E-state index in [2.05, 4.69) is 77.4 Å². The van der Waals surface area contributed by atoms with Crippen LogP contribution >= 0.6 is 0 Å². The van der Waals surface area contributed by atoms with Crippen LogP contribution in [0.5, 0.6) is 0 Å². The summed E-state index contributed by atoms with van der Waals surface area (Å²) in [5, 5.41) is 25.8. The first kappa shape index (κ1) is 20.4. The fourth-order valence-corrected chi connectivity index (χ4v) is 4.67. The van der Waals surface area contributed by atoms with Gasteiger partial charge in [-0.2, -0.15) is 9.03 Å². The van der Waals surface area contributed by atoms with E-state index in [1.807, 2.05) is 48.8 Å². The van der Waals surface area contributed by atoms with E-state index in [1.54, 1.807) is 15.4 Å². The lowest BCUT2D eigenvalue weighted by atomic mass is 10.1. The predicted octanol–water partition coefficient (Wildman–Crippen LogP) is 3.54. The van der Waals surface area contributed by atoms with Crippen molar-refractivity contribution in [1.82, 2.24) is 59.6 Å². The lowest BCUT2D eigenvalue weighted by Crippen LogP contribution is -2.20. The summed E-state index contributed by atoms with van der Waals surface area (Å²) in [5.74, 6) is 0. The van der Waals surface area contributed by atoms with Crippen molar-refractivity contribution in [1.29, 1.82) is 0 Å². The zero-order valence-electron chi connectivity index (χ0n) is 19.7. The highest BCUT2D eigenvalue weighted by Crippen LogP contribution is 2.30. The molecule has 0 spiro atoms. The maximum Gasteiger partial charge on any atom is 0.207 e. The van der Waals surface area contributed by atoms with Crippen LogP contribution in [0.15, 0.2) is 61.2 Å². The zero-order valence-corrected chi connectivity index (χ0v) is 19.7. The molecule has 0 amide bonds. The summed E-state index contributed by atoms with van der Waals surface area (Å²) in [4.78, 5) is 11.9. The van der Waals surface area contributed by atoms with Crippen LogP contribution in [0.3, 0.4) is 0 Å². The number of pyridine rings is 2. The highest BCUT2D eigenvalue weighted by Gasteiger charge is 2.21. The van der Waals surface area contributed by atoms with Gasteiger partial charge in [-0.05, 0) is 53.8 Å². The van der Waals surface area contributed by atoms with Crippen molar-refractivity contribution in [2.24, 2.45) is 0 Å². The summed E-state index contributed by atoms with van der Waals surface area (Å²) >= 11 is 0. The minimum Gasteiger partial charge on any atom is -0.341 e. The second-order valence-corrected chi connectivity index (χ2v) is 9.47. The van der Waals surface area contributed by atoms with Crippen LogP contribution in [0.25, 0.3) is 55.2 Å². The van der Waals surface area contributed by atoms with Crippen LogP contribution in [0.4, 0.5) is 0 Å². The second-order valence-electron chi connectivity index (χ2n) is 9.47. The van der Waals surface area contributed by atoms with Crippen LogP contribution in [0, 0.1) is 0 Å². The van der Waals surface area contributed by atoms with Crippen LogP contribution in [0.2, 0.25) is 0 Å². The van der Waals surface area contributed by atoms with Gasteiger partial charge in [0.05, 0.1) is 29.2 Å². The summed E-state index contributed by atoms with van der Waals surface area (Å²) in [6.07, 6.45) is 3.53. The smallest absolute Gasteiger partial charge is 0.207 e. The molecule has 2 aromatic carbocycles. The summed E-state index contributed by atoms with van der Waals surface area (Å²) in [6, 6.07) is 16.1. The third-order valence-corrected chi connectivity index (χ3v) is 6.28. The molecule has 0 atom stereocenters. The first-order valence-electron chi connectivity index (χ1n) is 11.4. The molecule has 0 saturated carbocycles. The Morgan fingerprint density at radius 1 is 0.722 bits per heavy atom. The first-order chi connectivity index (χ1) is 17.5. The number of tetrazole rings is 2. The van der Waals surface area contributed by atoms with Crippen molar-refractivity contribution < 1.29 is 0 Å². The van der Waals surface area contributed by atoms with Crippen molar-refractivity contribution in [3.8, 4) is 0 Å². The average molecular weight is 477 g/mol. The van der Waals surface area contributed by atoms with Gasteiger partial charge in [0.25, 0.3) is 0 Å². The van der Waals surface area contributed by atoms with E-state index in [9.17, 15) is 0 Å². The Labute approximate surface area is 202 Å². The minimum atomic E-state index is -0.0523. The maximum absolute atomic E-state index is 4.54. The maximum atomic E-state index is 4.54. The Morgan fingerprint density at radius 2 is 1.36 bits per heavy atom. The van der Waals surface area contributed by atoms with Gasteiger partial charge in [-0.25, -0.2) is 9.97 Å². The van der Waals surface area contributed by atoms with Crippen molar-refractivity contribution in [2.75, 3.05) is 0 Å². The Hall–Kier alpha value is -5.00. The Bertz CT molecular complexity index is 1980. The quantitative estimate of drug-likeness (QED) is 0.351. The molecule has 176 valence electrons. The molecule has 0 fully saturated rings. The van der Waals surface area contributed by atoms with Gasteiger partial charge in [0.2, 0.25) is 11.3 Å². The molecule has 12 nitrogen and oxygen atoms in total. The van der Waals surface area contributed by atoms with Crippen LogP contribution < -0.4 is 0 Å². The van der Waals surface area contributed by atoms with Crippen LogP contribution in [-0.2, 0) is 5.54 Å². The lowest BCUT2D eigenvalue weighted by molar-refractivity contribution is 0.409. The number of rotatable bonds is 0. The molecule has 0 radical (unpaired) electrons. The van der Waals surface area contributed by atoms with E-state index < -0.39 is 0 Å². The molecule has 6 aromatic heterocycles. The molecule has 1 N–H and O–H groups in total. The molecule has 36 heavy (non-hydrogen) atoms. The summed E-state index contributed by atoms with van der Waals surface area (Å²) < 4.78 is 5.65. The number of fused-ring (bicyclic) bond motifs is 12. The van der Waals surface area contributed by atoms with Gasteiger partial charge in [-0.1, -0.05) is 36.4 Å². The lowest BCUT2D eigenvalue weighted by Gasteiger charge is -2.22. The number of para-hydroxylation sites is 2. The van der Waals surface area contributed by atoms with Gasteiger partial charge in [0.1, 0.15) is 16.6 Å². The number of nitrogens with zero attached hydrogens (tertiary/aromatic N) is 11. The van der Waals surface area contributed by atoms with Gasteiger partial charge in [0, 0.05) is 16.3 Å². The topological polar surface area (TPSA) is 133 Å². The number of aromatic amines is 1. The van der Waals surface area contributed by atoms with Gasteiger partial charge in [-0.3, -0.25) is 0 Å². The number of hydrogen-bond acceptors (Lipinski definition) is 8. The van der Waals surface area contributed by atoms with E-state index in [-0.39, 0.29) is 5.54 Å². The van der Waals surface area contributed by atoms with Gasteiger partial charge in [-0.15, -0.1) is 10.2 Å². The van der Waals surface area contributed by atoms with E-state index >= 15 is 0 Å². The average Bonchev–Trinajstić information content (AvgIpc) is 3.67. The molecule has 0 bridgehead atoms. The van der Waals surface area contributed by atoms with Crippen molar-refractivity contribution in [3.63, 3.8) is 0 Å². The number of benzene rings is 2. The Kier molecular flexibility index (Phi) is 4.10. The standard InChI is InChI=1S/C14H14N6.C10H6N6/c1-14(2,3)19-8-15-11-12(19)9-6-4-5-7-10(9)20-13(11)16-17-18-20;1-2-4-7-6(3-1)8-9(12-5-11-8)10-13-14-15-16(7)10/h4-8H,1-3H3;1-5H,(H,11,12). The van der Waals surface area contributed by atoms with Crippen LogP contribution in [-0.4, -0.2) is 59.6 Å². The molecule has 8 rings (SSSR count). The zero-order chi connectivity index (χ0) is 24.4. The van der Waals surface area contributed by atoms with Crippen molar-refractivity contribution in [3.05, 3.63) is 61.2 Å². The van der Waals surface area contributed by atoms with Crippen molar-refractivity contribution in [2.45, 2.75) is 26.3 Å². The SMILES string of the molecule is CC(C)(C)n1cnc2c1c1ccccc1n1nnnc21.c1ccc2c(c1)c1nc[nH]c1c1nnnn21. The van der Waals surface area contributed by atoms with E-state index in [4.69, 9.17) is 0 Å². The third-order valence-electron chi connectivity index (χ3n) is 6.28. The minimum absolute atomic E-state index is 0.0523. The van der Waals surface area contributed by atoms with Crippen LogP contribution in [0.1, 0.15) is 20.8 Å². The summed E-state index contributed by atoms with van der Waals surface area (Å²) in [7, 11) is 0. The highest BCUT2D eigenvalue weighted by molar-refractivity contribution is 6.08. The highest BCUT2D eigenvalue weighted by atomic mass is 15.5. The monoisotopic (exact) mass is 476 g/mol. The number of imidazole rings is 2. The molecule has 6 heterocycles. The van der Waals surface area contributed by atoms with Gasteiger partial charge in [0.15, 0.2) is 0 Å². The predicted molar refractivity (Wildman–Crippen MR) is 135 cm³/mol. The normalized spacial score (nSPS) is 12.3. The van der Waals surface area contributed by atoms with E-state index in [0.717, 1.165) is 43.9 Å². The Morgan fingerprint density at radius 3 is 2.11 bits per heavy atom. The van der Waals surface area contributed by atoms with Gasteiger partial charge >= 0.3 is 0 Å². The molecule has 0 unspecified atom stereocenters. The molecular formula is C24H20N12. The van der Waals surface area contributed by atoms with E-state index in [0.29, 0.717) is 11.3 Å². The first-order valence-corrected chi connectivity index (χ1v) is 11.4. The summed E-state index contributed by atoms with van der Waals surface area (Å²) in [5.41, 5.74) is 6.98. The number of aromatic nitrogens is 12. The number of hydrogen-bond donors (Lipinski definition) is 1. The summed E-state index contributed by atoms with van der Waals surface area (Å²) in [6.45, 7) is 6.49. The fraction of sp³-hybridized carbons (Fsp3) is 0.167. The number of H-pyrrole nitrogens is 1. The second kappa shape index (κ2) is 7.25. The molecule has 0 aliphatic carbocycles. The van der Waals surface area contributed by atoms with Gasteiger partial charge < -0.3 is 9.55 Å². The number of nitrogens with one attached hydrogen (secondary N) is 1. The largest absolute Gasteiger partial charge is 0.341 e. The molecule has 12 heteroatoms. The Balaban J connectivity index is 0.000000125. The molecule has 0 aliphatic rings. The molecule has 8 aromatic rings.